The first-order chi connectivity index (χ1) is 11.6. The summed E-state index contributed by atoms with van der Waals surface area (Å²) in [6.07, 6.45) is 0.0841. The third-order valence-electron chi connectivity index (χ3n) is 3.45. The molecule has 2 aromatic carbocycles. The monoisotopic (exact) mass is 347 g/mol. The van der Waals surface area contributed by atoms with Crippen molar-refractivity contribution in [1.29, 1.82) is 0 Å². The molecule has 0 aromatic heterocycles. The highest BCUT2D eigenvalue weighted by Gasteiger charge is 2.17. The summed E-state index contributed by atoms with van der Waals surface area (Å²) < 4.78 is 11.3. The summed E-state index contributed by atoms with van der Waals surface area (Å²) in [5.74, 6) is 1.27. The van der Waals surface area contributed by atoms with E-state index >= 15 is 0 Å². The largest absolute Gasteiger partial charge is 0.492 e. The molecule has 0 spiro atoms. The molecule has 0 aliphatic rings. The summed E-state index contributed by atoms with van der Waals surface area (Å²) in [5.41, 5.74) is 1.15. The highest BCUT2D eigenvalue weighted by atomic mass is 35.5. The van der Waals surface area contributed by atoms with E-state index in [4.69, 9.17) is 21.1 Å². The smallest absolute Gasteiger partial charge is 0.261 e. The average molecular weight is 348 g/mol. The first kappa shape index (κ1) is 18.1. The van der Waals surface area contributed by atoms with Gasteiger partial charge >= 0.3 is 0 Å². The Balaban J connectivity index is 1.75. The van der Waals surface area contributed by atoms with Crippen molar-refractivity contribution < 1.29 is 14.3 Å². The fraction of sp³-hybridized carbons (Fsp3) is 0.316. The molecule has 1 atom stereocenters. The molecule has 2 rings (SSSR count). The number of carbonyl (C=O) groups excluding carboxylic acids is 1. The summed E-state index contributed by atoms with van der Waals surface area (Å²) in [6.45, 7) is 4.72. The van der Waals surface area contributed by atoms with Gasteiger partial charge in [-0.2, -0.15) is 0 Å². The first-order valence-electron chi connectivity index (χ1n) is 7.98. The molecular formula is C19H22ClNO3. The van der Waals surface area contributed by atoms with Crippen LogP contribution in [0, 0.1) is 6.92 Å². The van der Waals surface area contributed by atoms with Crippen molar-refractivity contribution in [1.82, 2.24) is 5.32 Å². The molecule has 0 radical (unpaired) electrons. The number of carbonyl (C=O) groups is 1. The van der Waals surface area contributed by atoms with Gasteiger partial charge in [-0.3, -0.25) is 4.79 Å². The van der Waals surface area contributed by atoms with Crippen LogP contribution in [0.25, 0.3) is 0 Å². The predicted octanol–water partition coefficient (Wildman–Crippen LogP) is 4.00. The van der Waals surface area contributed by atoms with Gasteiger partial charge in [-0.1, -0.05) is 36.2 Å². The van der Waals surface area contributed by atoms with Crippen molar-refractivity contribution in [2.75, 3.05) is 13.2 Å². The Kier molecular flexibility index (Phi) is 6.94. The van der Waals surface area contributed by atoms with Gasteiger partial charge in [0.05, 0.1) is 6.54 Å². The molecule has 0 heterocycles. The Bertz CT molecular complexity index is 641. The van der Waals surface area contributed by atoms with Crippen LogP contribution < -0.4 is 14.8 Å². The number of nitrogens with one attached hydrogen (secondary N) is 1. The number of rotatable bonds is 8. The summed E-state index contributed by atoms with van der Waals surface area (Å²) >= 11 is 5.81. The lowest BCUT2D eigenvalue weighted by Gasteiger charge is -2.17. The number of hydrogen-bond donors (Lipinski definition) is 1. The van der Waals surface area contributed by atoms with E-state index in [1.165, 1.54) is 0 Å². The second-order valence-electron chi connectivity index (χ2n) is 5.42. The molecule has 1 amide bonds. The highest BCUT2D eigenvalue weighted by Crippen LogP contribution is 2.16. The van der Waals surface area contributed by atoms with Crippen molar-refractivity contribution in [3.05, 3.63) is 59.1 Å². The Morgan fingerprint density at radius 1 is 1.08 bits per heavy atom. The fourth-order valence-corrected chi connectivity index (χ4v) is 2.22. The predicted molar refractivity (Wildman–Crippen MR) is 95.8 cm³/mol. The Labute approximate surface area is 147 Å². The van der Waals surface area contributed by atoms with Gasteiger partial charge in [-0.25, -0.2) is 0 Å². The molecule has 0 saturated heterocycles. The lowest BCUT2D eigenvalue weighted by molar-refractivity contribution is -0.128. The van der Waals surface area contributed by atoms with Crippen LogP contribution in [0.5, 0.6) is 11.5 Å². The number of ether oxygens (including phenoxy) is 2. The van der Waals surface area contributed by atoms with E-state index in [2.05, 4.69) is 5.32 Å². The second kappa shape index (κ2) is 9.18. The SMILES string of the molecule is CC[C@H](Oc1ccc(C)cc1)C(=O)NCCOc1ccc(Cl)cc1. The van der Waals surface area contributed by atoms with Gasteiger partial charge in [-0.15, -0.1) is 0 Å². The zero-order valence-electron chi connectivity index (χ0n) is 13.9. The molecule has 4 nitrogen and oxygen atoms in total. The van der Waals surface area contributed by atoms with Gasteiger partial charge in [0.1, 0.15) is 18.1 Å². The third-order valence-corrected chi connectivity index (χ3v) is 3.70. The van der Waals surface area contributed by atoms with E-state index in [1.54, 1.807) is 24.3 Å². The number of halogens is 1. The van der Waals surface area contributed by atoms with Crippen molar-refractivity contribution in [3.8, 4) is 11.5 Å². The van der Waals surface area contributed by atoms with Gasteiger partial charge in [0.2, 0.25) is 0 Å². The van der Waals surface area contributed by atoms with Crippen LogP contribution in [0.2, 0.25) is 5.02 Å². The molecule has 0 aliphatic heterocycles. The Morgan fingerprint density at radius 2 is 1.71 bits per heavy atom. The fourth-order valence-electron chi connectivity index (χ4n) is 2.09. The zero-order chi connectivity index (χ0) is 17.4. The van der Waals surface area contributed by atoms with Crippen molar-refractivity contribution >= 4 is 17.5 Å². The standard InChI is InChI=1S/C19H22ClNO3/c1-3-18(24-17-8-4-14(2)5-9-17)19(22)21-12-13-23-16-10-6-15(20)7-11-16/h4-11,18H,3,12-13H2,1-2H3,(H,21,22)/t18-/m0/s1. The quantitative estimate of drug-likeness (QED) is 0.734. The van der Waals surface area contributed by atoms with E-state index in [-0.39, 0.29) is 5.91 Å². The van der Waals surface area contributed by atoms with Gasteiger partial charge in [0, 0.05) is 5.02 Å². The molecule has 5 heteroatoms. The molecule has 0 bridgehead atoms. The van der Waals surface area contributed by atoms with Crippen LogP contribution in [-0.4, -0.2) is 25.2 Å². The normalized spacial score (nSPS) is 11.6. The van der Waals surface area contributed by atoms with Crippen LogP contribution in [-0.2, 0) is 4.79 Å². The molecule has 0 fully saturated rings. The summed E-state index contributed by atoms with van der Waals surface area (Å²) in [6, 6.07) is 14.8. The van der Waals surface area contributed by atoms with Gasteiger partial charge < -0.3 is 14.8 Å². The number of hydrogen-bond acceptors (Lipinski definition) is 3. The molecule has 128 valence electrons. The van der Waals surface area contributed by atoms with Crippen molar-refractivity contribution in [2.45, 2.75) is 26.4 Å². The molecule has 0 unspecified atom stereocenters. The Hall–Kier alpha value is -2.20. The zero-order valence-corrected chi connectivity index (χ0v) is 14.7. The number of benzene rings is 2. The van der Waals surface area contributed by atoms with Crippen LogP contribution >= 0.6 is 11.6 Å². The van der Waals surface area contributed by atoms with Crippen LogP contribution in [0.15, 0.2) is 48.5 Å². The second-order valence-corrected chi connectivity index (χ2v) is 5.86. The summed E-state index contributed by atoms with van der Waals surface area (Å²) in [4.78, 5) is 12.2. The summed E-state index contributed by atoms with van der Waals surface area (Å²) in [5, 5.41) is 3.49. The number of amides is 1. The van der Waals surface area contributed by atoms with Crippen LogP contribution in [0.1, 0.15) is 18.9 Å². The maximum Gasteiger partial charge on any atom is 0.261 e. The van der Waals surface area contributed by atoms with Crippen LogP contribution in [0.4, 0.5) is 0 Å². The molecule has 24 heavy (non-hydrogen) atoms. The van der Waals surface area contributed by atoms with Gasteiger partial charge in [0.25, 0.3) is 5.91 Å². The maximum absolute atomic E-state index is 12.2. The van der Waals surface area contributed by atoms with Gasteiger partial charge in [-0.05, 0) is 49.7 Å². The lowest BCUT2D eigenvalue weighted by Crippen LogP contribution is -2.39. The van der Waals surface area contributed by atoms with E-state index in [0.717, 1.165) is 11.3 Å². The lowest BCUT2D eigenvalue weighted by atomic mass is 10.2. The van der Waals surface area contributed by atoms with Crippen LogP contribution in [0.3, 0.4) is 0 Å². The average Bonchev–Trinajstić information content (AvgIpc) is 2.59. The van der Waals surface area contributed by atoms with Gasteiger partial charge in [0.15, 0.2) is 6.10 Å². The third kappa shape index (κ3) is 5.78. The molecule has 0 aliphatic carbocycles. The number of aryl methyl sites for hydroxylation is 1. The maximum atomic E-state index is 12.2. The van der Waals surface area contributed by atoms with Crippen molar-refractivity contribution in [2.24, 2.45) is 0 Å². The minimum atomic E-state index is -0.511. The van der Waals surface area contributed by atoms with Crippen molar-refractivity contribution in [3.63, 3.8) is 0 Å². The first-order valence-corrected chi connectivity index (χ1v) is 8.35. The topological polar surface area (TPSA) is 47.6 Å². The van der Waals surface area contributed by atoms with E-state index < -0.39 is 6.10 Å². The highest BCUT2D eigenvalue weighted by molar-refractivity contribution is 6.30. The molecule has 2 aromatic rings. The molecular weight excluding hydrogens is 326 g/mol. The molecule has 1 N–H and O–H groups in total. The minimum absolute atomic E-state index is 0.141. The van der Waals surface area contributed by atoms with E-state index in [0.29, 0.717) is 30.3 Å². The Morgan fingerprint density at radius 3 is 2.33 bits per heavy atom. The van der Waals surface area contributed by atoms with E-state index in [9.17, 15) is 4.79 Å². The molecule has 0 saturated carbocycles. The van der Waals surface area contributed by atoms with E-state index in [1.807, 2.05) is 38.1 Å². The minimum Gasteiger partial charge on any atom is -0.492 e. The summed E-state index contributed by atoms with van der Waals surface area (Å²) in [7, 11) is 0.